The van der Waals surface area contributed by atoms with E-state index in [2.05, 4.69) is 20.9 Å². The Morgan fingerprint density at radius 1 is 1.09 bits per heavy atom. The molecule has 6 heteroatoms. The van der Waals surface area contributed by atoms with Crippen molar-refractivity contribution >= 4 is 5.91 Å². The van der Waals surface area contributed by atoms with Crippen LogP contribution in [0.25, 0.3) is 0 Å². The minimum Gasteiger partial charge on any atom is -0.379 e. The van der Waals surface area contributed by atoms with Crippen LogP contribution in [-0.2, 0) is 16.1 Å². The number of morpholine rings is 1. The molecular weight excluding hydrogens is 292 g/mol. The second-order valence-corrected chi connectivity index (χ2v) is 6.26. The molecule has 126 valence electrons. The van der Waals surface area contributed by atoms with Crippen LogP contribution in [0.4, 0.5) is 0 Å². The number of hydrogen-bond donors (Lipinski definition) is 0. The molecule has 2 saturated heterocycles. The number of amides is 1. The van der Waals surface area contributed by atoms with E-state index in [1.54, 1.807) is 6.20 Å². The van der Waals surface area contributed by atoms with Crippen molar-refractivity contribution in [2.75, 3.05) is 59.0 Å². The number of pyridine rings is 1. The number of rotatable bonds is 4. The molecule has 1 amide bonds. The molecule has 2 fully saturated rings. The molecule has 0 aromatic carbocycles. The highest BCUT2D eigenvalue weighted by Gasteiger charge is 2.22. The largest absolute Gasteiger partial charge is 0.379 e. The van der Waals surface area contributed by atoms with Crippen molar-refractivity contribution in [3.8, 4) is 0 Å². The highest BCUT2D eigenvalue weighted by atomic mass is 16.5. The zero-order chi connectivity index (χ0) is 15.9. The minimum absolute atomic E-state index is 0.259. The summed E-state index contributed by atoms with van der Waals surface area (Å²) in [5, 5.41) is 0. The Morgan fingerprint density at radius 2 is 1.96 bits per heavy atom. The van der Waals surface area contributed by atoms with Crippen LogP contribution in [0.5, 0.6) is 0 Å². The fourth-order valence-electron chi connectivity index (χ4n) is 3.18. The summed E-state index contributed by atoms with van der Waals surface area (Å²) in [5.41, 5.74) is 1.24. The number of ether oxygens (including phenoxy) is 1. The predicted octanol–water partition coefficient (Wildman–Crippen LogP) is 0.448. The molecule has 2 aliphatic rings. The quantitative estimate of drug-likeness (QED) is 0.807. The Balaban J connectivity index is 1.46. The van der Waals surface area contributed by atoms with Crippen molar-refractivity contribution < 1.29 is 9.53 Å². The third-order valence-corrected chi connectivity index (χ3v) is 4.53. The molecule has 0 N–H and O–H groups in total. The van der Waals surface area contributed by atoms with E-state index >= 15 is 0 Å². The van der Waals surface area contributed by atoms with E-state index in [9.17, 15) is 4.79 Å². The van der Waals surface area contributed by atoms with Gasteiger partial charge in [-0.15, -0.1) is 0 Å². The summed E-state index contributed by atoms with van der Waals surface area (Å²) in [6, 6.07) is 4.09. The summed E-state index contributed by atoms with van der Waals surface area (Å²) in [6.45, 7) is 8.33. The molecule has 23 heavy (non-hydrogen) atoms. The number of nitrogens with zero attached hydrogens (tertiary/aromatic N) is 4. The first kappa shape index (κ1) is 16.4. The van der Waals surface area contributed by atoms with Crippen molar-refractivity contribution in [3.05, 3.63) is 30.1 Å². The summed E-state index contributed by atoms with van der Waals surface area (Å²) < 4.78 is 5.34. The molecule has 3 heterocycles. The molecular formula is C17H26N4O2. The van der Waals surface area contributed by atoms with E-state index in [-0.39, 0.29) is 5.91 Å². The van der Waals surface area contributed by atoms with Gasteiger partial charge in [0.05, 0.1) is 19.8 Å². The Hall–Kier alpha value is -1.50. The zero-order valence-electron chi connectivity index (χ0n) is 13.7. The molecule has 0 aliphatic carbocycles. The molecule has 0 spiro atoms. The van der Waals surface area contributed by atoms with Gasteiger partial charge in [-0.05, 0) is 18.1 Å². The number of carbonyl (C=O) groups excluding carboxylic acids is 1. The fraction of sp³-hybridized carbons (Fsp3) is 0.647. The molecule has 0 atom stereocenters. The summed E-state index contributed by atoms with van der Waals surface area (Å²) in [5.74, 6) is 0.259. The molecule has 0 radical (unpaired) electrons. The molecule has 0 saturated carbocycles. The molecule has 6 nitrogen and oxygen atoms in total. The second kappa shape index (κ2) is 8.38. The Kier molecular flexibility index (Phi) is 5.96. The van der Waals surface area contributed by atoms with E-state index in [1.165, 1.54) is 5.56 Å². The molecule has 1 aromatic rings. The van der Waals surface area contributed by atoms with Gasteiger partial charge in [-0.1, -0.05) is 6.07 Å². The van der Waals surface area contributed by atoms with Crippen LogP contribution in [-0.4, -0.2) is 84.6 Å². The lowest BCUT2D eigenvalue weighted by atomic mass is 10.2. The molecule has 1 aromatic heterocycles. The Labute approximate surface area is 138 Å². The fourth-order valence-corrected chi connectivity index (χ4v) is 3.18. The van der Waals surface area contributed by atoms with Crippen molar-refractivity contribution in [1.29, 1.82) is 0 Å². The topological polar surface area (TPSA) is 48.9 Å². The maximum atomic E-state index is 12.5. The van der Waals surface area contributed by atoms with Gasteiger partial charge < -0.3 is 9.64 Å². The van der Waals surface area contributed by atoms with Gasteiger partial charge in [0.1, 0.15) is 0 Å². The van der Waals surface area contributed by atoms with Crippen LogP contribution in [0.2, 0.25) is 0 Å². The Bertz CT molecular complexity index is 491. The molecule has 0 unspecified atom stereocenters. The van der Waals surface area contributed by atoms with E-state index in [0.29, 0.717) is 6.54 Å². The van der Waals surface area contributed by atoms with E-state index in [4.69, 9.17) is 4.74 Å². The third-order valence-electron chi connectivity index (χ3n) is 4.53. The zero-order valence-corrected chi connectivity index (χ0v) is 13.7. The van der Waals surface area contributed by atoms with E-state index in [1.807, 2.05) is 17.2 Å². The van der Waals surface area contributed by atoms with Gasteiger partial charge >= 0.3 is 0 Å². The van der Waals surface area contributed by atoms with Gasteiger partial charge in [0.25, 0.3) is 0 Å². The lowest BCUT2D eigenvalue weighted by Gasteiger charge is -2.29. The van der Waals surface area contributed by atoms with Gasteiger partial charge in [-0.25, -0.2) is 0 Å². The monoisotopic (exact) mass is 318 g/mol. The second-order valence-electron chi connectivity index (χ2n) is 6.26. The Morgan fingerprint density at radius 3 is 2.74 bits per heavy atom. The third kappa shape index (κ3) is 4.99. The van der Waals surface area contributed by atoms with Gasteiger partial charge in [-0.2, -0.15) is 0 Å². The number of carbonyl (C=O) groups is 1. The lowest BCUT2D eigenvalue weighted by Crippen LogP contribution is -2.45. The first-order valence-electron chi connectivity index (χ1n) is 8.50. The van der Waals surface area contributed by atoms with Gasteiger partial charge in [0.2, 0.25) is 5.91 Å². The smallest absolute Gasteiger partial charge is 0.236 e. The maximum absolute atomic E-state index is 12.5. The molecule has 0 bridgehead atoms. The molecule has 3 rings (SSSR count). The summed E-state index contributed by atoms with van der Waals surface area (Å²) in [4.78, 5) is 23.3. The van der Waals surface area contributed by atoms with Gasteiger partial charge in [0.15, 0.2) is 0 Å². The van der Waals surface area contributed by atoms with Gasteiger partial charge in [0, 0.05) is 58.2 Å². The molecule has 2 aliphatic heterocycles. The highest BCUT2D eigenvalue weighted by molar-refractivity contribution is 5.78. The lowest BCUT2D eigenvalue weighted by molar-refractivity contribution is -0.133. The number of aromatic nitrogens is 1. The summed E-state index contributed by atoms with van der Waals surface area (Å²) in [7, 11) is 0. The average molecular weight is 318 g/mol. The van der Waals surface area contributed by atoms with E-state index < -0.39 is 0 Å². The van der Waals surface area contributed by atoms with Crippen molar-refractivity contribution in [3.63, 3.8) is 0 Å². The number of hydrogen-bond acceptors (Lipinski definition) is 5. The highest BCUT2D eigenvalue weighted by Crippen LogP contribution is 2.09. The maximum Gasteiger partial charge on any atom is 0.236 e. The van der Waals surface area contributed by atoms with Crippen molar-refractivity contribution in [2.45, 2.75) is 13.0 Å². The summed E-state index contributed by atoms with van der Waals surface area (Å²) in [6.07, 6.45) is 4.76. The predicted molar refractivity (Wildman–Crippen MR) is 88.0 cm³/mol. The van der Waals surface area contributed by atoms with Crippen molar-refractivity contribution in [2.24, 2.45) is 0 Å². The van der Waals surface area contributed by atoms with E-state index in [0.717, 1.165) is 65.4 Å². The van der Waals surface area contributed by atoms with Crippen molar-refractivity contribution in [1.82, 2.24) is 19.7 Å². The SMILES string of the molecule is O=C(CN1CCOCC1)N1CCCN(Cc2cccnc2)CC1. The van der Waals surface area contributed by atoms with Crippen LogP contribution in [0.1, 0.15) is 12.0 Å². The van der Waals surface area contributed by atoms with Crippen LogP contribution < -0.4 is 0 Å². The first-order chi connectivity index (χ1) is 11.3. The van der Waals surface area contributed by atoms with Crippen LogP contribution >= 0.6 is 0 Å². The van der Waals surface area contributed by atoms with Crippen LogP contribution in [0, 0.1) is 0 Å². The van der Waals surface area contributed by atoms with Gasteiger partial charge in [-0.3, -0.25) is 19.6 Å². The normalized spacial score (nSPS) is 21.1. The average Bonchev–Trinajstić information content (AvgIpc) is 2.82. The standard InChI is InChI=1S/C17H26N4O2/c22-17(15-20-9-11-23-12-10-20)21-6-2-5-19(7-8-21)14-16-3-1-4-18-13-16/h1,3-4,13H,2,5-12,14-15H2. The minimum atomic E-state index is 0.259. The van der Waals surface area contributed by atoms with Crippen LogP contribution in [0.3, 0.4) is 0 Å². The first-order valence-corrected chi connectivity index (χ1v) is 8.50. The van der Waals surface area contributed by atoms with Crippen LogP contribution in [0.15, 0.2) is 24.5 Å². The summed E-state index contributed by atoms with van der Waals surface area (Å²) >= 11 is 0.